The Morgan fingerprint density at radius 3 is 2.60 bits per heavy atom. The van der Waals surface area contributed by atoms with Crippen molar-refractivity contribution in [1.29, 1.82) is 0 Å². The van der Waals surface area contributed by atoms with E-state index in [4.69, 9.17) is 10.7 Å². The Labute approximate surface area is 148 Å². The van der Waals surface area contributed by atoms with Crippen LogP contribution in [0.1, 0.15) is 37.3 Å². The van der Waals surface area contributed by atoms with Crippen molar-refractivity contribution in [3.63, 3.8) is 0 Å². The van der Waals surface area contributed by atoms with E-state index in [2.05, 4.69) is 4.90 Å². The first kappa shape index (κ1) is 16.3. The Bertz CT molecular complexity index is 761. The summed E-state index contributed by atoms with van der Waals surface area (Å²) in [7, 11) is 0. The molecule has 3 heterocycles. The second kappa shape index (κ2) is 7.00. The van der Waals surface area contributed by atoms with Gasteiger partial charge in [0.1, 0.15) is 0 Å². The summed E-state index contributed by atoms with van der Waals surface area (Å²) in [5, 5.41) is 1.09. The lowest BCUT2D eigenvalue weighted by molar-refractivity contribution is -0.133. The summed E-state index contributed by atoms with van der Waals surface area (Å²) in [6.45, 7) is 4.34. The topological polar surface area (TPSA) is 62.5 Å². The Balaban J connectivity index is 1.41. The highest BCUT2D eigenvalue weighted by molar-refractivity contribution is 5.82. The highest BCUT2D eigenvalue weighted by Gasteiger charge is 2.27. The van der Waals surface area contributed by atoms with E-state index in [1.807, 2.05) is 35.2 Å². The summed E-state index contributed by atoms with van der Waals surface area (Å²) in [6, 6.07) is 10.1. The van der Waals surface area contributed by atoms with E-state index >= 15 is 0 Å². The molecule has 2 saturated heterocycles. The molecule has 0 saturated carbocycles. The molecule has 1 aromatic heterocycles. The predicted octanol–water partition coefficient (Wildman–Crippen LogP) is 2.62. The molecular weight excluding hydrogens is 312 g/mol. The van der Waals surface area contributed by atoms with Gasteiger partial charge < -0.3 is 10.6 Å². The van der Waals surface area contributed by atoms with Gasteiger partial charge in [-0.3, -0.25) is 14.7 Å². The smallest absolute Gasteiger partial charge is 0.236 e. The van der Waals surface area contributed by atoms with Gasteiger partial charge in [-0.15, -0.1) is 0 Å². The molecule has 2 aromatic rings. The molecule has 5 nitrogen and oxygen atoms in total. The molecule has 0 aliphatic carbocycles. The van der Waals surface area contributed by atoms with Crippen LogP contribution in [0, 0.1) is 0 Å². The van der Waals surface area contributed by atoms with Crippen LogP contribution in [0.15, 0.2) is 30.3 Å². The molecule has 2 N–H and O–H groups in total. The van der Waals surface area contributed by atoms with E-state index < -0.39 is 0 Å². The minimum atomic E-state index is 0.278. The van der Waals surface area contributed by atoms with Gasteiger partial charge in [-0.05, 0) is 50.9 Å². The highest BCUT2D eigenvalue weighted by Crippen LogP contribution is 2.32. The van der Waals surface area contributed by atoms with Gasteiger partial charge in [0.05, 0.1) is 23.4 Å². The van der Waals surface area contributed by atoms with Crippen LogP contribution in [0.3, 0.4) is 0 Å². The number of nitrogens with zero attached hydrogens (tertiary/aromatic N) is 3. The number of amides is 1. The first-order chi connectivity index (χ1) is 12.2. The third kappa shape index (κ3) is 3.47. The molecule has 1 amide bonds. The number of nitrogen functional groups attached to an aromatic ring is 1. The van der Waals surface area contributed by atoms with Crippen molar-refractivity contribution >= 4 is 22.5 Å². The number of benzene rings is 1. The summed E-state index contributed by atoms with van der Waals surface area (Å²) in [6.07, 6.45) is 4.34. The number of carbonyl (C=O) groups is 1. The minimum Gasteiger partial charge on any atom is -0.397 e. The zero-order valence-electron chi connectivity index (χ0n) is 14.7. The first-order valence-corrected chi connectivity index (χ1v) is 9.36. The molecule has 5 heteroatoms. The summed E-state index contributed by atoms with van der Waals surface area (Å²) < 4.78 is 0. The number of pyridine rings is 1. The third-order valence-corrected chi connectivity index (χ3v) is 5.58. The molecule has 0 bridgehead atoms. The summed E-state index contributed by atoms with van der Waals surface area (Å²) in [4.78, 5) is 21.6. The van der Waals surface area contributed by atoms with Gasteiger partial charge in [-0.1, -0.05) is 18.2 Å². The number of rotatable bonds is 3. The average molecular weight is 338 g/mol. The maximum absolute atomic E-state index is 12.5. The summed E-state index contributed by atoms with van der Waals surface area (Å²) in [5.41, 5.74) is 9.05. The van der Waals surface area contributed by atoms with Crippen molar-refractivity contribution in [2.45, 2.75) is 31.6 Å². The number of para-hydroxylation sites is 1. The number of piperidine rings is 1. The van der Waals surface area contributed by atoms with Crippen LogP contribution < -0.4 is 5.73 Å². The number of likely N-dealkylation sites (tertiary alicyclic amines) is 2. The van der Waals surface area contributed by atoms with E-state index in [1.54, 1.807) is 0 Å². The van der Waals surface area contributed by atoms with E-state index in [0.717, 1.165) is 61.3 Å². The summed E-state index contributed by atoms with van der Waals surface area (Å²) in [5.74, 6) is 0.625. The Morgan fingerprint density at radius 1 is 1.12 bits per heavy atom. The van der Waals surface area contributed by atoms with E-state index in [9.17, 15) is 4.79 Å². The largest absolute Gasteiger partial charge is 0.397 e. The molecular formula is C20H26N4O. The van der Waals surface area contributed by atoms with Gasteiger partial charge in [0.25, 0.3) is 0 Å². The fraction of sp³-hybridized carbons (Fsp3) is 0.500. The number of nitrogens with two attached hydrogens (primary N) is 1. The number of fused-ring (bicyclic) bond motifs is 1. The Morgan fingerprint density at radius 2 is 1.84 bits per heavy atom. The normalized spacial score (nSPS) is 19.6. The van der Waals surface area contributed by atoms with Crippen molar-refractivity contribution in [2.24, 2.45) is 0 Å². The van der Waals surface area contributed by atoms with Crippen LogP contribution in [0.25, 0.3) is 10.9 Å². The van der Waals surface area contributed by atoms with Crippen molar-refractivity contribution in [3.8, 4) is 0 Å². The third-order valence-electron chi connectivity index (χ3n) is 5.58. The van der Waals surface area contributed by atoms with Crippen LogP contribution in [-0.4, -0.2) is 53.4 Å². The molecule has 25 heavy (non-hydrogen) atoms. The fourth-order valence-electron chi connectivity index (χ4n) is 4.11. The maximum Gasteiger partial charge on any atom is 0.236 e. The molecule has 0 radical (unpaired) electrons. The molecule has 2 aliphatic rings. The van der Waals surface area contributed by atoms with Crippen LogP contribution in [0.5, 0.6) is 0 Å². The SMILES string of the molecule is Nc1cc2ccccc2nc1C1CCN(C(=O)CN2CCCC2)CC1. The molecule has 0 atom stereocenters. The zero-order valence-corrected chi connectivity index (χ0v) is 14.7. The highest BCUT2D eigenvalue weighted by atomic mass is 16.2. The average Bonchev–Trinajstić information content (AvgIpc) is 3.14. The van der Waals surface area contributed by atoms with Gasteiger partial charge in [0, 0.05) is 24.4 Å². The van der Waals surface area contributed by atoms with Crippen LogP contribution in [0.2, 0.25) is 0 Å². The summed E-state index contributed by atoms with van der Waals surface area (Å²) >= 11 is 0. The number of carbonyl (C=O) groups excluding carboxylic acids is 1. The van der Waals surface area contributed by atoms with Gasteiger partial charge in [0.15, 0.2) is 0 Å². The molecule has 2 aliphatic heterocycles. The van der Waals surface area contributed by atoms with Gasteiger partial charge in [0.2, 0.25) is 5.91 Å². The van der Waals surface area contributed by atoms with Crippen LogP contribution in [-0.2, 0) is 4.79 Å². The minimum absolute atomic E-state index is 0.278. The maximum atomic E-state index is 12.5. The second-order valence-corrected chi connectivity index (χ2v) is 7.29. The van der Waals surface area contributed by atoms with Crippen LogP contribution >= 0.6 is 0 Å². The van der Waals surface area contributed by atoms with Crippen molar-refractivity contribution in [3.05, 3.63) is 36.0 Å². The predicted molar refractivity (Wildman–Crippen MR) is 100 cm³/mol. The Kier molecular flexibility index (Phi) is 4.57. The Hall–Kier alpha value is -2.14. The molecule has 0 spiro atoms. The molecule has 1 aromatic carbocycles. The molecule has 0 unspecified atom stereocenters. The van der Waals surface area contributed by atoms with E-state index in [1.165, 1.54) is 12.8 Å². The molecule has 2 fully saturated rings. The molecule has 4 rings (SSSR count). The number of anilines is 1. The molecule has 132 valence electrons. The first-order valence-electron chi connectivity index (χ1n) is 9.36. The van der Waals surface area contributed by atoms with E-state index in [0.29, 0.717) is 12.5 Å². The lowest BCUT2D eigenvalue weighted by atomic mass is 9.91. The van der Waals surface area contributed by atoms with Gasteiger partial charge >= 0.3 is 0 Å². The zero-order chi connectivity index (χ0) is 17.2. The number of hydrogen-bond donors (Lipinski definition) is 1. The quantitative estimate of drug-likeness (QED) is 0.934. The lowest BCUT2D eigenvalue weighted by Gasteiger charge is -2.33. The van der Waals surface area contributed by atoms with Gasteiger partial charge in [-0.2, -0.15) is 0 Å². The lowest BCUT2D eigenvalue weighted by Crippen LogP contribution is -2.43. The fourth-order valence-corrected chi connectivity index (χ4v) is 4.11. The second-order valence-electron chi connectivity index (χ2n) is 7.29. The monoisotopic (exact) mass is 338 g/mol. The number of aromatic nitrogens is 1. The van der Waals surface area contributed by atoms with Crippen molar-refractivity contribution in [2.75, 3.05) is 38.5 Å². The van der Waals surface area contributed by atoms with Crippen LogP contribution in [0.4, 0.5) is 5.69 Å². The van der Waals surface area contributed by atoms with Crippen molar-refractivity contribution < 1.29 is 4.79 Å². The van der Waals surface area contributed by atoms with E-state index in [-0.39, 0.29) is 5.91 Å². The standard InChI is InChI=1S/C20H26N4O/c21-17-13-16-5-1-2-6-18(16)22-20(17)15-7-11-24(12-8-15)19(25)14-23-9-3-4-10-23/h1-2,5-6,13,15H,3-4,7-12,14,21H2. The van der Waals surface area contributed by atoms with Gasteiger partial charge in [-0.25, -0.2) is 0 Å². The number of hydrogen-bond acceptors (Lipinski definition) is 4. The van der Waals surface area contributed by atoms with Crippen molar-refractivity contribution in [1.82, 2.24) is 14.8 Å².